The van der Waals surface area contributed by atoms with E-state index in [1.165, 1.54) is 0 Å². The molecule has 3 heteroatoms. The largest absolute Gasteiger partial charge is 0.347 e. The van der Waals surface area contributed by atoms with Crippen LogP contribution in [-0.2, 0) is 0 Å². The number of amides is 1. The van der Waals surface area contributed by atoms with E-state index in [2.05, 4.69) is 31.1 Å². The molecule has 0 saturated heterocycles. The monoisotopic (exact) mass is 234 g/mol. The van der Waals surface area contributed by atoms with E-state index in [1.807, 2.05) is 0 Å². The third kappa shape index (κ3) is 4.17. The molecule has 0 radical (unpaired) electrons. The molecule has 1 aromatic heterocycles. The predicted molar refractivity (Wildman–Crippen MR) is 69.9 cm³/mol. The van der Waals surface area contributed by atoms with Gasteiger partial charge in [0, 0.05) is 23.5 Å². The van der Waals surface area contributed by atoms with Crippen LogP contribution in [0.15, 0.2) is 24.5 Å². The molecule has 3 nitrogen and oxygen atoms in total. The van der Waals surface area contributed by atoms with Gasteiger partial charge in [0.15, 0.2) is 0 Å². The Balaban J connectivity index is 2.71. The summed E-state index contributed by atoms with van der Waals surface area (Å²) < 4.78 is 0. The zero-order chi connectivity index (χ0) is 12.7. The number of nitrogens with one attached hydrogen (secondary N) is 1. The van der Waals surface area contributed by atoms with E-state index in [9.17, 15) is 4.79 Å². The molecule has 0 saturated carbocycles. The highest BCUT2D eigenvalue weighted by Crippen LogP contribution is 2.19. The fourth-order valence-electron chi connectivity index (χ4n) is 2.20. The molecule has 0 aliphatic carbocycles. The van der Waals surface area contributed by atoms with Crippen molar-refractivity contribution in [3.63, 3.8) is 0 Å². The maximum absolute atomic E-state index is 12.1. The summed E-state index contributed by atoms with van der Waals surface area (Å²) in [5, 5.41) is 3.14. The number of carbonyl (C=O) groups is 1. The summed E-state index contributed by atoms with van der Waals surface area (Å²) in [4.78, 5) is 16.0. The number of rotatable bonds is 6. The van der Waals surface area contributed by atoms with Gasteiger partial charge in [0.05, 0.1) is 0 Å². The fourth-order valence-corrected chi connectivity index (χ4v) is 2.20. The van der Waals surface area contributed by atoms with Crippen molar-refractivity contribution < 1.29 is 4.79 Å². The quantitative estimate of drug-likeness (QED) is 0.821. The first-order valence-electron chi connectivity index (χ1n) is 6.34. The van der Waals surface area contributed by atoms with Crippen LogP contribution in [0.4, 0.5) is 0 Å². The highest BCUT2D eigenvalue weighted by atomic mass is 16.1. The van der Waals surface area contributed by atoms with Gasteiger partial charge in [-0.1, -0.05) is 26.7 Å². The third-order valence-electron chi connectivity index (χ3n) is 2.96. The molecule has 0 aliphatic heterocycles. The van der Waals surface area contributed by atoms with E-state index >= 15 is 0 Å². The first kappa shape index (κ1) is 13.7. The summed E-state index contributed by atoms with van der Waals surface area (Å²) in [5.41, 5.74) is 0.586. The molecule has 0 atom stereocenters. The Morgan fingerprint density at radius 3 is 2.24 bits per heavy atom. The second-order valence-electron chi connectivity index (χ2n) is 4.75. The normalized spacial score (nSPS) is 11.2. The molecule has 0 aliphatic rings. The van der Waals surface area contributed by atoms with Crippen molar-refractivity contribution in [1.29, 1.82) is 0 Å². The lowest BCUT2D eigenvalue weighted by atomic mass is 9.90. The van der Waals surface area contributed by atoms with Gasteiger partial charge < -0.3 is 5.32 Å². The molecule has 0 spiro atoms. The van der Waals surface area contributed by atoms with Crippen molar-refractivity contribution in [2.24, 2.45) is 0 Å². The van der Waals surface area contributed by atoms with Crippen LogP contribution in [0.3, 0.4) is 0 Å². The number of carbonyl (C=O) groups excluding carboxylic acids is 1. The van der Waals surface area contributed by atoms with Gasteiger partial charge in [-0.3, -0.25) is 9.78 Å². The number of hydrogen-bond acceptors (Lipinski definition) is 2. The lowest BCUT2D eigenvalue weighted by Crippen LogP contribution is -2.45. The Morgan fingerprint density at radius 1 is 1.24 bits per heavy atom. The number of aromatic nitrogens is 1. The number of pyridine rings is 1. The van der Waals surface area contributed by atoms with Gasteiger partial charge in [0.2, 0.25) is 0 Å². The Labute approximate surface area is 104 Å². The van der Waals surface area contributed by atoms with Crippen molar-refractivity contribution in [2.45, 2.75) is 52.0 Å². The zero-order valence-corrected chi connectivity index (χ0v) is 11.0. The Kier molecular flexibility index (Phi) is 5.13. The maximum atomic E-state index is 12.1. The summed E-state index contributed by atoms with van der Waals surface area (Å²) in [6, 6.07) is 3.49. The Hall–Kier alpha value is -1.38. The second-order valence-corrected chi connectivity index (χ2v) is 4.75. The number of hydrogen-bond donors (Lipinski definition) is 1. The average molecular weight is 234 g/mol. The zero-order valence-electron chi connectivity index (χ0n) is 11.0. The van der Waals surface area contributed by atoms with Crippen LogP contribution in [0.5, 0.6) is 0 Å². The highest BCUT2D eigenvalue weighted by Gasteiger charge is 2.24. The van der Waals surface area contributed by atoms with Crippen LogP contribution in [0.25, 0.3) is 0 Å². The molecule has 1 aromatic rings. The summed E-state index contributed by atoms with van der Waals surface area (Å²) in [6.45, 7) is 6.41. The Morgan fingerprint density at radius 2 is 1.76 bits per heavy atom. The SMILES string of the molecule is CCCC(C)(CCC)NC(=O)c1ccncc1. The molecule has 0 unspecified atom stereocenters. The summed E-state index contributed by atoms with van der Waals surface area (Å²) in [6.07, 6.45) is 7.47. The van der Waals surface area contributed by atoms with Gasteiger partial charge in [-0.2, -0.15) is 0 Å². The van der Waals surface area contributed by atoms with Crippen molar-refractivity contribution in [1.82, 2.24) is 10.3 Å². The van der Waals surface area contributed by atoms with Gasteiger partial charge in [-0.15, -0.1) is 0 Å². The topological polar surface area (TPSA) is 42.0 Å². The average Bonchev–Trinajstić information content (AvgIpc) is 2.30. The second kappa shape index (κ2) is 6.38. The molecule has 17 heavy (non-hydrogen) atoms. The van der Waals surface area contributed by atoms with Gasteiger partial charge in [0.1, 0.15) is 0 Å². The molecule has 1 heterocycles. The van der Waals surface area contributed by atoms with E-state index in [0.717, 1.165) is 25.7 Å². The molecule has 94 valence electrons. The minimum absolute atomic E-state index is 0.00296. The van der Waals surface area contributed by atoms with Crippen LogP contribution in [0, 0.1) is 0 Å². The lowest BCUT2D eigenvalue weighted by molar-refractivity contribution is 0.0895. The van der Waals surface area contributed by atoms with E-state index in [4.69, 9.17) is 0 Å². The van der Waals surface area contributed by atoms with Gasteiger partial charge in [-0.25, -0.2) is 0 Å². The van der Waals surface area contributed by atoms with Crippen molar-refractivity contribution >= 4 is 5.91 Å². The van der Waals surface area contributed by atoms with E-state index < -0.39 is 0 Å². The van der Waals surface area contributed by atoms with Gasteiger partial charge in [0.25, 0.3) is 5.91 Å². The standard InChI is InChI=1S/C14H22N2O/c1-4-8-14(3,9-5-2)16-13(17)12-6-10-15-11-7-12/h6-7,10-11H,4-5,8-9H2,1-3H3,(H,16,17). The molecular weight excluding hydrogens is 212 g/mol. The summed E-state index contributed by atoms with van der Waals surface area (Å²) >= 11 is 0. The first-order chi connectivity index (χ1) is 8.11. The number of nitrogens with zero attached hydrogens (tertiary/aromatic N) is 1. The van der Waals surface area contributed by atoms with Crippen LogP contribution in [-0.4, -0.2) is 16.4 Å². The molecule has 1 rings (SSSR count). The molecule has 1 amide bonds. The lowest BCUT2D eigenvalue weighted by Gasteiger charge is -2.30. The Bertz CT molecular complexity index is 342. The highest BCUT2D eigenvalue weighted by molar-refractivity contribution is 5.94. The summed E-state index contributed by atoms with van der Waals surface area (Å²) in [5.74, 6) is -0.00296. The summed E-state index contributed by atoms with van der Waals surface area (Å²) in [7, 11) is 0. The molecule has 0 fully saturated rings. The van der Waals surface area contributed by atoms with Crippen molar-refractivity contribution in [2.75, 3.05) is 0 Å². The van der Waals surface area contributed by atoms with E-state index in [0.29, 0.717) is 5.56 Å². The van der Waals surface area contributed by atoms with Crippen LogP contribution in [0.1, 0.15) is 56.8 Å². The van der Waals surface area contributed by atoms with E-state index in [-0.39, 0.29) is 11.4 Å². The van der Waals surface area contributed by atoms with Gasteiger partial charge >= 0.3 is 0 Å². The maximum Gasteiger partial charge on any atom is 0.251 e. The van der Waals surface area contributed by atoms with Crippen LogP contribution < -0.4 is 5.32 Å². The predicted octanol–water partition coefficient (Wildman–Crippen LogP) is 3.17. The third-order valence-corrected chi connectivity index (χ3v) is 2.96. The molecule has 0 aromatic carbocycles. The molecule has 1 N–H and O–H groups in total. The first-order valence-corrected chi connectivity index (χ1v) is 6.34. The molecular formula is C14H22N2O. The van der Waals surface area contributed by atoms with E-state index in [1.54, 1.807) is 24.5 Å². The minimum Gasteiger partial charge on any atom is -0.347 e. The van der Waals surface area contributed by atoms with Crippen molar-refractivity contribution in [3.05, 3.63) is 30.1 Å². The fraction of sp³-hybridized carbons (Fsp3) is 0.571. The smallest absolute Gasteiger partial charge is 0.251 e. The van der Waals surface area contributed by atoms with Crippen molar-refractivity contribution in [3.8, 4) is 0 Å². The van der Waals surface area contributed by atoms with Crippen LogP contribution in [0.2, 0.25) is 0 Å². The van der Waals surface area contributed by atoms with Crippen LogP contribution >= 0.6 is 0 Å². The molecule has 0 bridgehead atoms. The minimum atomic E-state index is -0.0934. The van der Waals surface area contributed by atoms with Gasteiger partial charge in [-0.05, 0) is 31.9 Å².